The van der Waals surface area contributed by atoms with E-state index in [9.17, 15) is 9.59 Å². The van der Waals surface area contributed by atoms with E-state index in [1.165, 1.54) is 11.8 Å². The van der Waals surface area contributed by atoms with Crippen molar-refractivity contribution in [3.05, 3.63) is 30.3 Å². The molecule has 8 nitrogen and oxygen atoms in total. The summed E-state index contributed by atoms with van der Waals surface area (Å²) in [7, 11) is 0. The topological polar surface area (TPSA) is 102 Å². The third-order valence-corrected chi connectivity index (χ3v) is 3.71. The fourth-order valence-electron chi connectivity index (χ4n) is 1.69. The van der Waals surface area contributed by atoms with Crippen LogP contribution in [0.25, 0.3) is 5.69 Å². The molecule has 0 aliphatic heterocycles. The average Bonchev–Trinajstić information content (AvgIpc) is 3.05. The van der Waals surface area contributed by atoms with Gasteiger partial charge in [-0.05, 0) is 29.0 Å². The summed E-state index contributed by atoms with van der Waals surface area (Å²) >= 11 is 1.21. The SMILES string of the molecule is CCCNC(=O)CNC(=O)CSc1nnnn1-c1ccccc1. The second kappa shape index (κ2) is 8.89. The van der Waals surface area contributed by atoms with Crippen molar-refractivity contribution in [2.75, 3.05) is 18.8 Å². The van der Waals surface area contributed by atoms with Crippen LogP contribution in [-0.2, 0) is 9.59 Å². The van der Waals surface area contributed by atoms with Crippen molar-refractivity contribution in [3.63, 3.8) is 0 Å². The van der Waals surface area contributed by atoms with E-state index in [1.54, 1.807) is 4.68 Å². The number of hydrogen-bond donors (Lipinski definition) is 2. The molecule has 0 saturated heterocycles. The van der Waals surface area contributed by atoms with Crippen molar-refractivity contribution >= 4 is 23.6 Å². The van der Waals surface area contributed by atoms with Crippen LogP contribution in [0.3, 0.4) is 0 Å². The summed E-state index contributed by atoms with van der Waals surface area (Å²) in [5, 5.41) is 17.2. The molecular formula is C14H18N6O2S. The van der Waals surface area contributed by atoms with Crippen LogP contribution in [0.2, 0.25) is 0 Å². The number of amides is 2. The highest BCUT2D eigenvalue weighted by Gasteiger charge is 2.11. The highest BCUT2D eigenvalue weighted by Crippen LogP contribution is 2.17. The lowest BCUT2D eigenvalue weighted by atomic mass is 10.3. The molecule has 1 aromatic heterocycles. The zero-order chi connectivity index (χ0) is 16.5. The highest BCUT2D eigenvalue weighted by atomic mass is 32.2. The fourth-order valence-corrected chi connectivity index (χ4v) is 2.41. The Morgan fingerprint density at radius 3 is 2.70 bits per heavy atom. The van der Waals surface area contributed by atoms with Crippen LogP contribution in [0.1, 0.15) is 13.3 Å². The lowest BCUT2D eigenvalue weighted by Crippen LogP contribution is -2.37. The van der Waals surface area contributed by atoms with Crippen LogP contribution in [-0.4, -0.2) is 50.9 Å². The molecule has 2 amide bonds. The number of thioether (sulfide) groups is 1. The van der Waals surface area contributed by atoms with Crippen molar-refractivity contribution < 1.29 is 9.59 Å². The number of tetrazole rings is 1. The van der Waals surface area contributed by atoms with Crippen LogP contribution in [0.4, 0.5) is 0 Å². The molecule has 1 heterocycles. The number of para-hydroxylation sites is 1. The molecule has 0 bridgehead atoms. The van der Waals surface area contributed by atoms with Crippen LogP contribution < -0.4 is 10.6 Å². The average molecular weight is 334 g/mol. The monoisotopic (exact) mass is 334 g/mol. The van der Waals surface area contributed by atoms with Gasteiger partial charge in [0.1, 0.15) is 0 Å². The maximum absolute atomic E-state index is 11.8. The molecule has 122 valence electrons. The van der Waals surface area contributed by atoms with E-state index in [4.69, 9.17) is 0 Å². The van der Waals surface area contributed by atoms with Gasteiger partial charge in [-0.1, -0.05) is 36.9 Å². The number of carbonyl (C=O) groups is 2. The molecule has 0 unspecified atom stereocenters. The van der Waals surface area contributed by atoms with Crippen molar-refractivity contribution in [1.82, 2.24) is 30.8 Å². The maximum Gasteiger partial charge on any atom is 0.239 e. The van der Waals surface area contributed by atoms with Crippen LogP contribution in [0, 0.1) is 0 Å². The third kappa shape index (κ3) is 5.37. The predicted molar refractivity (Wildman–Crippen MR) is 86.2 cm³/mol. The van der Waals surface area contributed by atoms with Gasteiger partial charge in [0.05, 0.1) is 18.0 Å². The van der Waals surface area contributed by atoms with Crippen molar-refractivity contribution in [2.45, 2.75) is 18.5 Å². The molecule has 2 rings (SSSR count). The van der Waals surface area contributed by atoms with E-state index < -0.39 is 0 Å². The summed E-state index contributed by atoms with van der Waals surface area (Å²) in [5.74, 6) is -0.308. The number of nitrogens with one attached hydrogen (secondary N) is 2. The first-order chi connectivity index (χ1) is 11.2. The minimum Gasteiger partial charge on any atom is -0.355 e. The van der Waals surface area contributed by atoms with E-state index in [2.05, 4.69) is 26.2 Å². The molecular weight excluding hydrogens is 316 g/mol. The molecule has 0 aliphatic carbocycles. The molecule has 1 aromatic carbocycles. The number of carbonyl (C=O) groups excluding carboxylic acids is 2. The van der Waals surface area contributed by atoms with Crippen molar-refractivity contribution in [2.24, 2.45) is 0 Å². The standard InChI is InChI=1S/C14H18N6O2S/c1-2-8-15-12(21)9-16-13(22)10-23-14-17-18-19-20(14)11-6-4-3-5-7-11/h3-7H,2,8-10H2,1H3,(H,15,21)(H,16,22). The lowest BCUT2D eigenvalue weighted by Gasteiger charge is -2.06. The lowest BCUT2D eigenvalue weighted by molar-refractivity contribution is -0.124. The summed E-state index contributed by atoms with van der Waals surface area (Å²) < 4.78 is 1.56. The van der Waals surface area contributed by atoms with Crippen LogP contribution in [0.15, 0.2) is 35.5 Å². The summed E-state index contributed by atoms with van der Waals surface area (Å²) in [6.45, 7) is 2.55. The first-order valence-corrected chi connectivity index (χ1v) is 8.19. The molecule has 9 heteroatoms. The van der Waals surface area contributed by atoms with Crippen LogP contribution in [0.5, 0.6) is 0 Å². The number of benzene rings is 1. The molecule has 0 spiro atoms. The molecule has 0 aliphatic rings. The largest absolute Gasteiger partial charge is 0.355 e. The Morgan fingerprint density at radius 1 is 1.17 bits per heavy atom. The van der Waals surface area contributed by atoms with E-state index in [0.29, 0.717) is 11.7 Å². The first-order valence-electron chi connectivity index (χ1n) is 7.20. The van der Waals surface area contributed by atoms with Gasteiger partial charge < -0.3 is 10.6 Å². The summed E-state index contributed by atoms with van der Waals surface area (Å²) in [6, 6.07) is 9.41. The normalized spacial score (nSPS) is 10.3. The number of hydrogen-bond acceptors (Lipinski definition) is 6. The fraction of sp³-hybridized carbons (Fsp3) is 0.357. The van der Waals surface area contributed by atoms with Gasteiger partial charge in [0.15, 0.2) is 0 Å². The Kier molecular flexibility index (Phi) is 6.55. The smallest absolute Gasteiger partial charge is 0.239 e. The van der Waals surface area contributed by atoms with E-state index >= 15 is 0 Å². The van der Waals surface area contributed by atoms with Gasteiger partial charge >= 0.3 is 0 Å². The molecule has 23 heavy (non-hydrogen) atoms. The van der Waals surface area contributed by atoms with E-state index in [1.807, 2.05) is 37.3 Å². The maximum atomic E-state index is 11.8. The van der Waals surface area contributed by atoms with Gasteiger partial charge in [-0.2, -0.15) is 4.68 Å². The summed E-state index contributed by atoms with van der Waals surface area (Å²) in [6.07, 6.45) is 0.859. The quantitative estimate of drug-likeness (QED) is 0.678. The van der Waals surface area contributed by atoms with E-state index in [0.717, 1.165) is 12.1 Å². The molecule has 2 aromatic rings. The first kappa shape index (κ1) is 16.9. The Labute approximate surface area is 138 Å². The van der Waals surface area contributed by atoms with Crippen molar-refractivity contribution in [1.29, 1.82) is 0 Å². The Morgan fingerprint density at radius 2 is 1.96 bits per heavy atom. The Balaban J connectivity index is 1.81. The Bertz CT molecular complexity index is 646. The minimum atomic E-state index is -0.246. The predicted octanol–water partition coefficient (Wildman–Crippen LogP) is 0.397. The van der Waals surface area contributed by atoms with Crippen LogP contribution >= 0.6 is 11.8 Å². The highest BCUT2D eigenvalue weighted by molar-refractivity contribution is 7.99. The van der Waals surface area contributed by atoms with Gasteiger partial charge in [-0.25, -0.2) is 0 Å². The zero-order valence-electron chi connectivity index (χ0n) is 12.7. The molecule has 0 atom stereocenters. The minimum absolute atomic E-state index is 0.0248. The van der Waals surface area contributed by atoms with Crippen molar-refractivity contribution in [3.8, 4) is 5.69 Å². The number of aromatic nitrogens is 4. The molecule has 0 radical (unpaired) electrons. The molecule has 0 fully saturated rings. The summed E-state index contributed by atoms with van der Waals surface area (Å²) in [5.41, 5.74) is 0.819. The molecule has 0 saturated carbocycles. The van der Waals surface area contributed by atoms with Gasteiger partial charge in [-0.15, -0.1) is 5.10 Å². The van der Waals surface area contributed by atoms with Gasteiger partial charge in [0.2, 0.25) is 17.0 Å². The van der Waals surface area contributed by atoms with Gasteiger partial charge in [-0.3, -0.25) is 9.59 Å². The molecule has 2 N–H and O–H groups in total. The number of nitrogens with zero attached hydrogens (tertiary/aromatic N) is 4. The van der Waals surface area contributed by atoms with Gasteiger partial charge in [0, 0.05) is 6.54 Å². The summed E-state index contributed by atoms with van der Waals surface area (Å²) in [4.78, 5) is 23.2. The Hall–Kier alpha value is -2.42. The van der Waals surface area contributed by atoms with Gasteiger partial charge in [0.25, 0.3) is 0 Å². The second-order valence-electron chi connectivity index (χ2n) is 4.62. The number of rotatable bonds is 8. The zero-order valence-corrected chi connectivity index (χ0v) is 13.5. The van der Waals surface area contributed by atoms with E-state index in [-0.39, 0.29) is 24.1 Å². The third-order valence-electron chi connectivity index (χ3n) is 2.79. The second-order valence-corrected chi connectivity index (χ2v) is 5.57.